The quantitative estimate of drug-likeness (QED) is 0.820. The van der Waals surface area contributed by atoms with Crippen LogP contribution >= 0.6 is 0 Å². The van der Waals surface area contributed by atoms with Crippen LogP contribution in [0.5, 0.6) is 0 Å². The second-order valence-corrected chi connectivity index (χ2v) is 6.26. The average molecular weight is 240 g/mol. The standard InChI is InChI=1S/C14H28N2O/c1-14(2)11-17-9-8-16(14)13(10-15)12-6-4-3-5-7-12/h12-13H,3-11,15H2,1-2H3. The van der Waals surface area contributed by atoms with Crippen molar-refractivity contribution in [2.45, 2.75) is 57.5 Å². The first kappa shape index (κ1) is 13.3. The minimum atomic E-state index is 0.153. The molecule has 1 saturated carbocycles. The van der Waals surface area contributed by atoms with Crippen molar-refractivity contribution in [1.29, 1.82) is 0 Å². The summed E-state index contributed by atoms with van der Waals surface area (Å²) in [6.07, 6.45) is 6.95. The van der Waals surface area contributed by atoms with Crippen LogP contribution in [0.1, 0.15) is 46.0 Å². The van der Waals surface area contributed by atoms with E-state index < -0.39 is 0 Å². The van der Waals surface area contributed by atoms with Crippen molar-refractivity contribution in [2.24, 2.45) is 11.7 Å². The van der Waals surface area contributed by atoms with Gasteiger partial charge in [-0.05, 0) is 32.6 Å². The smallest absolute Gasteiger partial charge is 0.0645 e. The van der Waals surface area contributed by atoms with Crippen LogP contribution in [0.2, 0.25) is 0 Å². The summed E-state index contributed by atoms with van der Waals surface area (Å²) in [7, 11) is 0. The summed E-state index contributed by atoms with van der Waals surface area (Å²) in [4.78, 5) is 2.62. The lowest BCUT2D eigenvalue weighted by Crippen LogP contribution is -2.61. The molecule has 1 atom stereocenters. The molecule has 3 heteroatoms. The Morgan fingerprint density at radius 1 is 1.29 bits per heavy atom. The zero-order valence-corrected chi connectivity index (χ0v) is 11.5. The lowest BCUT2D eigenvalue weighted by atomic mass is 9.81. The molecule has 0 bridgehead atoms. The normalized spacial score (nSPS) is 29.1. The number of morpholine rings is 1. The molecule has 2 fully saturated rings. The SMILES string of the molecule is CC1(C)COCCN1C(CN)C1CCCCC1. The van der Waals surface area contributed by atoms with Crippen molar-refractivity contribution < 1.29 is 4.74 Å². The fourth-order valence-corrected chi connectivity index (χ4v) is 3.58. The highest BCUT2D eigenvalue weighted by molar-refractivity contribution is 4.93. The van der Waals surface area contributed by atoms with Crippen molar-refractivity contribution >= 4 is 0 Å². The van der Waals surface area contributed by atoms with E-state index in [0.29, 0.717) is 6.04 Å². The van der Waals surface area contributed by atoms with Gasteiger partial charge in [-0.15, -0.1) is 0 Å². The van der Waals surface area contributed by atoms with E-state index in [1.54, 1.807) is 0 Å². The van der Waals surface area contributed by atoms with Crippen LogP contribution in [0.4, 0.5) is 0 Å². The van der Waals surface area contributed by atoms with Gasteiger partial charge in [0.05, 0.1) is 13.2 Å². The molecule has 1 unspecified atom stereocenters. The maximum absolute atomic E-state index is 6.07. The van der Waals surface area contributed by atoms with Gasteiger partial charge < -0.3 is 10.5 Å². The van der Waals surface area contributed by atoms with Gasteiger partial charge in [0, 0.05) is 24.7 Å². The minimum Gasteiger partial charge on any atom is -0.378 e. The molecule has 2 aliphatic rings. The van der Waals surface area contributed by atoms with Gasteiger partial charge in [-0.1, -0.05) is 19.3 Å². The zero-order valence-electron chi connectivity index (χ0n) is 11.5. The summed E-state index contributed by atoms with van der Waals surface area (Å²) in [5.41, 5.74) is 6.23. The maximum atomic E-state index is 6.07. The lowest BCUT2D eigenvalue weighted by molar-refractivity contribution is -0.0837. The Balaban J connectivity index is 2.04. The predicted octanol–water partition coefficient (Wildman–Crippen LogP) is 2.00. The molecule has 1 saturated heterocycles. The van der Waals surface area contributed by atoms with Crippen LogP contribution in [-0.2, 0) is 4.74 Å². The number of ether oxygens (including phenoxy) is 1. The molecule has 1 aliphatic heterocycles. The molecule has 0 aromatic rings. The zero-order chi connectivity index (χ0) is 12.3. The third-order valence-electron chi connectivity index (χ3n) is 4.55. The molecule has 0 amide bonds. The molecule has 1 heterocycles. The molecule has 100 valence electrons. The maximum Gasteiger partial charge on any atom is 0.0645 e. The molecule has 0 aromatic heterocycles. The summed E-state index contributed by atoms with van der Waals surface area (Å²) >= 11 is 0. The summed E-state index contributed by atoms with van der Waals surface area (Å²) in [5, 5.41) is 0. The molecule has 1 aliphatic carbocycles. The summed E-state index contributed by atoms with van der Waals surface area (Å²) in [6.45, 7) is 8.14. The van der Waals surface area contributed by atoms with E-state index in [4.69, 9.17) is 10.5 Å². The Morgan fingerprint density at radius 2 is 2.00 bits per heavy atom. The monoisotopic (exact) mass is 240 g/mol. The van der Waals surface area contributed by atoms with Crippen LogP contribution in [0.15, 0.2) is 0 Å². The second-order valence-electron chi connectivity index (χ2n) is 6.26. The van der Waals surface area contributed by atoms with Crippen LogP contribution in [0.25, 0.3) is 0 Å². The molecule has 0 spiro atoms. The van der Waals surface area contributed by atoms with Crippen LogP contribution in [0.3, 0.4) is 0 Å². The third kappa shape index (κ3) is 3.01. The number of nitrogens with two attached hydrogens (primary N) is 1. The molecule has 0 radical (unpaired) electrons. The van der Waals surface area contributed by atoms with Gasteiger partial charge in [0.1, 0.15) is 0 Å². The lowest BCUT2D eigenvalue weighted by Gasteiger charge is -2.49. The first-order valence-corrected chi connectivity index (χ1v) is 7.20. The number of nitrogens with zero attached hydrogens (tertiary/aromatic N) is 1. The molecule has 17 heavy (non-hydrogen) atoms. The van der Waals surface area contributed by atoms with Gasteiger partial charge in [0.25, 0.3) is 0 Å². The number of hydrogen-bond acceptors (Lipinski definition) is 3. The highest BCUT2D eigenvalue weighted by Crippen LogP contribution is 2.32. The van der Waals surface area contributed by atoms with Crippen molar-refractivity contribution in [1.82, 2.24) is 4.90 Å². The Morgan fingerprint density at radius 3 is 2.59 bits per heavy atom. The molecule has 2 rings (SSSR count). The molecular formula is C14H28N2O. The molecule has 0 aromatic carbocycles. The van der Waals surface area contributed by atoms with Crippen LogP contribution < -0.4 is 5.73 Å². The van der Waals surface area contributed by atoms with E-state index in [1.165, 1.54) is 32.1 Å². The number of hydrogen-bond donors (Lipinski definition) is 1. The van der Waals surface area contributed by atoms with Gasteiger partial charge in [0.15, 0.2) is 0 Å². The Kier molecular flexibility index (Phi) is 4.45. The van der Waals surface area contributed by atoms with E-state index in [-0.39, 0.29) is 5.54 Å². The predicted molar refractivity (Wildman–Crippen MR) is 71.0 cm³/mol. The van der Waals surface area contributed by atoms with Gasteiger partial charge in [0.2, 0.25) is 0 Å². The fourth-order valence-electron chi connectivity index (χ4n) is 3.58. The first-order chi connectivity index (χ1) is 8.15. The largest absolute Gasteiger partial charge is 0.378 e. The van der Waals surface area contributed by atoms with E-state index >= 15 is 0 Å². The van der Waals surface area contributed by atoms with Gasteiger partial charge in [-0.2, -0.15) is 0 Å². The number of rotatable bonds is 3. The van der Waals surface area contributed by atoms with Gasteiger partial charge in [-0.3, -0.25) is 4.90 Å². The minimum absolute atomic E-state index is 0.153. The Labute approximate surface area is 106 Å². The van der Waals surface area contributed by atoms with Crippen molar-refractivity contribution in [3.8, 4) is 0 Å². The summed E-state index contributed by atoms with van der Waals surface area (Å²) in [5.74, 6) is 0.811. The van der Waals surface area contributed by atoms with Crippen LogP contribution in [-0.4, -0.2) is 42.8 Å². The Hall–Kier alpha value is -0.120. The third-order valence-corrected chi connectivity index (χ3v) is 4.55. The van der Waals surface area contributed by atoms with E-state index in [2.05, 4.69) is 18.7 Å². The van der Waals surface area contributed by atoms with E-state index in [9.17, 15) is 0 Å². The van der Waals surface area contributed by atoms with Gasteiger partial charge >= 0.3 is 0 Å². The fraction of sp³-hybridized carbons (Fsp3) is 1.00. The average Bonchev–Trinajstić information content (AvgIpc) is 2.33. The van der Waals surface area contributed by atoms with Crippen molar-refractivity contribution in [3.05, 3.63) is 0 Å². The van der Waals surface area contributed by atoms with E-state index in [1.807, 2.05) is 0 Å². The summed E-state index contributed by atoms with van der Waals surface area (Å²) in [6, 6.07) is 0.564. The Bertz CT molecular complexity index is 236. The topological polar surface area (TPSA) is 38.5 Å². The second kappa shape index (κ2) is 5.68. The van der Waals surface area contributed by atoms with Crippen LogP contribution in [0, 0.1) is 5.92 Å². The van der Waals surface area contributed by atoms with Crippen molar-refractivity contribution in [2.75, 3.05) is 26.3 Å². The molecule has 3 nitrogen and oxygen atoms in total. The van der Waals surface area contributed by atoms with Gasteiger partial charge in [-0.25, -0.2) is 0 Å². The van der Waals surface area contributed by atoms with Crippen molar-refractivity contribution in [3.63, 3.8) is 0 Å². The highest BCUT2D eigenvalue weighted by atomic mass is 16.5. The van der Waals surface area contributed by atoms with E-state index in [0.717, 1.165) is 32.2 Å². The molecular weight excluding hydrogens is 212 g/mol. The first-order valence-electron chi connectivity index (χ1n) is 7.20. The summed E-state index contributed by atoms with van der Waals surface area (Å²) < 4.78 is 5.61. The molecule has 2 N–H and O–H groups in total. The highest BCUT2D eigenvalue weighted by Gasteiger charge is 2.38.